The fourth-order valence-electron chi connectivity index (χ4n) is 3.01. The first-order valence-corrected chi connectivity index (χ1v) is 11.4. The molecule has 17 nitrogen and oxygen atoms in total. The molecule has 0 aromatic rings. The molecule has 0 aromatic carbocycles. The van der Waals surface area contributed by atoms with Gasteiger partial charge in [-0.3, -0.25) is 19.3 Å². The second-order valence-electron chi connectivity index (χ2n) is 8.51. The molecule has 0 bridgehead atoms. The van der Waals surface area contributed by atoms with Gasteiger partial charge in [0, 0.05) is 59.7 Å². The van der Waals surface area contributed by atoms with E-state index >= 15 is 0 Å². The van der Waals surface area contributed by atoms with Crippen LogP contribution in [0, 0.1) is 23.7 Å². The minimum absolute atomic E-state index is 0. The van der Waals surface area contributed by atoms with Crippen LogP contribution in [0.3, 0.4) is 0 Å². The number of hydrogen-bond acceptors (Lipinski definition) is 5. The predicted octanol–water partition coefficient (Wildman–Crippen LogP) is 3.15. The fourth-order valence-corrected chi connectivity index (χ4v) is 3.01. The van der Waals surface area contributed by atoms with E-state index in [4.69, 9.17) is 51.8 Å². The molecular weight excluding hydrogens is 608 g/mol. The van der Waals surface area contributed by atoms with E-state index in [0.717, 1.165) is 45.4 Å². The van der Waals surface area contributed by atoms with Crippen LogP contribution in [0.2, 0.25) is 0 Å². The molecule has 2 rings (SSSR count). The summed E-state index contributed by atoms with van der Waals surface area (Å²) in [6.07, 6.45) is 8.81. The SMILES string of the molecule is C.CC(=O)O.CC(=O)O.CC(=O)O.CC1CC(N=[N+]=[N-])C(N=[N+]=[N-])CC1C.CC1CC=CCC1C.O.O.[Mn].[N-]=[N+]=[N-].[Na+]. The summed E-state index contributed by atoms with van der Waals surface area (Å²) in [6.45, 7) is 12.2. The summed E-state index contributed by atoms with van der Waals surface area (Å²) in [5.74, 6) is 0.381. The van der Waals surface area contributed by atoms with Gasteiger partial charge in [-0.25, -0.2) is 0 Å². The van der Waals surface area contributed by atoms with Crippen molar-refractivity contribution in [2.75, 3.05) is 0 Å². The molecule has 2 aliphatic carbocycles. The number of carboxylic acid groups (broad SMARTS) is 3. The second-order valence-corrected chi connectivity index (χ2v) is 8.51. The van der Waals surface area contributed by atoms with E-state index in [1.807, 2.05) is 0 Å². The van der Waals surface area contributed by atoms with E-state index < -0.39 is 17.9 Å². The quantitative estimate of drug-likeness (QED) is 0.132. The maximum absolute atomic E-state index is 9.00. The van der Waals surface area contributed by atoms with Crippen LogP contribution in [0.1, 0.15) is 81.6 Å². The molecule has 0 aromatic heterocycles. The molecule has 0 saturated heterocycles. The third-order valence-electron chi connectivity index (χ3n) is 5.20. The van der Waals surface area contributed by atoms with E-state index in [1.165, 1.54) is 17.8 Å². The molecule has 19 heteroatoms. The molecular formula is C23H48MnN9NaO8. The molecule has 0 amide bonds. The number of aliphatic carboxylic acids is 3. The molecule has 1 fully saturated rings. The maximum Gasteiger partial charge on any atom is 1.00 e. The summed E-state index contributed by atoms with van der Waals surface area (Å²) in [7, 11) is 0. The van der Waals surface area contributed by atoms with Crippen molar-refractivity contribution in [3.8, 4) is 0 Å². The number of allylic oxidation sites excluding steroid dienone is 2. The number of hydrogen-bond donors (Lipinski definition) is 3. The molecule has 6 unspecified atom stereocenters. The molecule has 1 radical (unpaired) electrons. The van der Waals surface area contributed by atoms with Crippen molar-refractivity contribution in [1.29, 1.82) is 0 Å². The normalized spacial score (nSPS) is 21.4. The van der Waals surface area contributed by atoms with E-state index in [2.05, 4.69) is 59.9 Å². The van der Waals surface area contributed by atoms with Gasteiger partial charge in [0.2, 0.25) is 0 Å². The Bertz CT molecular complexity index is 754. The first kappa shape index (κ1) is 63.0. The van der Waals surface area contributed by atoms with Gasteiger partial charge in [-0.2, -0.15) is 0 Å². The maximum atomic E-state index is 9.00. The van der Waals surface area contributed by atoms with Crippen molar-refractivity contribution in [3.63, 3.8) is 0 Å². The van der Waals surface area contributed by atoms with Crippen molar-refractivity contribution in [3.05, 3.63) is 49.0 Å². The Morgan fingerprint density at radius 3 is 1.00 bits per heavy atom. The minimum Gasteiger partial charge on any atom is -0.481 e. The zero-order chi connectivity index (χ0) is 30.0. The zero-order valence-corrected chi connectivity index (χ0v) is 28.1. The van der Waals surface area contributed by atoms with Crippen molar-refractivity contribution in [2.24, 2.45) is 33.9 Å². The fraction of sp³-hybridized carbons (Fsp3) is 0.783. The Balaban J connectivity index is -0.0000000482. The molecule has 0 heterocycles. The molecule has 1 saturated carbocycles. The largest absolute Gasteiger partial charge is 1.00 e. The van der Waals surface area contributed by atoms with Gasteiger partial charge >= 0.3 is 29.6 Å². The first-order valence-electron chi connectivity index (χ1n) is 11.4. The number of nitrogens with zero attached hydrogens (tertiary/aromatic N) is 9. The van der Waals surface area contributed by atoms with Crippen LogP contribution in [-0.2, 0) is 31.5 Å². The molecule has 6 atom stereocenters. The van der Waals surface area contributed by atoms with Crippen LogP contribution >= 0.6 is 0 Å². The van der Waals surface area contributed by atoms with E-state index in [0.29, 0.717) is 11.8 Å². The Labute approximate surface area is 280 Å². The van der Waals surface area contributed by atoms with Gasteiger partial charge in [-0.05, 0) is 60.4 Å². The van der Waals surface area contributed by atoms with Crippen molar-refractivity contribution in [1.82, 2.24) is 0 Å². The third-order valence-corrected chi connectivity index (χ3v) is 5.20. The average Bonchev–Trinajstić information content (AvgIpc) is 2.74. The Morgan fingerprint density at radius 2 is 0.857 bits per heavy atom. The predicted molar refractivity (Wildman–Crippen MR) is 154 cm³/mol. The molecule has 42 heavy (non-hydrogen) atoms. The van der Waals surface area contributed by atoms with Gasteiger partial charge < -0.3 is 37.3 Å². The topological polar surface area (TPSA) is 331 Å². The monoisotopic (exact) mass is 656 g/mol. The van der Waals surface area contributed by atoms with Crippen molar-refractivity contribution < 1.29 is 87.3 Å². The number of azide groups is 2. The van der Waals surface area contributed by atoms with E-state index in [1.54, 1.807) is 0 Å². The molecule has 241 valence electrons. The summed E-state index contributed by atoms with van der Waals surface area (Å²) in [6, 6.07) is -0.329. The third kappa shape index (κ3) is 53.7. The average molecular weight is 657 g/mol. The number of carboxylic acids is 3. The van der Waals surface area contributed by atoms with Crippen LogP contribution in [-0.4, -0.2) is 56.3 Å². The summed E-state index contributed by atoms with van der Waals surface area (Å²) in [5, 5.41) is 29.6. The van der Waals surface area contributed by atoms with Crippen molar-refractivity contribution in [2.45, 2.75) is 93.7 Å². The Morgan fingerprint density at radius 1 is 0.667 bits per heavy atom. The summed E-state index contributed by atoms with van der Waals surface area (Å²) in [5.41, 5.74) is 30.3. The van der Waals surface area contributed by atoms with Crippen LogP contribution < -0.4 is 29.6 Å². The second kappa shape index (κ2) is 43.0. The summed E-state index contributed by atoms with van der Waals surface area (Å²) in [4.78, 5) is 34.1. The van der Waals surface area contributed by atoms with E-state index in [-0.39, 0.29) is 77.1 Å². The van der Waals surface area contributed by atoms with Gasteiger partial charge in [-0.1, -0.05) is 57.5 Å². The molecule has 0 spiro atoms. The number of carbonyl (C=O) groups is 3. The molecule has 0 aliphatic heterocycles. The first-order chi connectivity index (χ1) is 17.1. The van der Waals surface area contributed by atoms with Crippen LogP contribution in [0.25, 0.3) is 36.9 Å². The van der Waals surface area contributed by atoms with Crippen LogP contribution in [0.5, 0.6) is 0 Å². The smallest absolute Gasteiger partial charge is 0.481 e. The Hall–Kier alpha value is -2.48. The van der Waals surface area contributed by atoms with Crippen LogP contribution in [0.4, 0.5) is 0 Å². The molecule has 2 aliphatic rings. The van der Waals surface area contributed by atoms with Gasteiger partial charge in [0.05, 0.1) is 0 Å². The van der Waals surface area contributed by atoms with E-state index in [9.17, 15) is 0 Å². The zero-order valence-electron chi connectivity index (χ0n) is 24.9. The van der Waals surface area contributed by atoms with Gasteiger partial charge in [0.25, 0.3) is 17.9 Å². The Kier molecular flexibility index (Phi) is 64.4. The standard InChI is InChI=1S/C8H14N6.C8H14.3C2H4O2.CH4.Mn.N3.Na.2H2O/c1-5-3-7(11-13-9)8(12-14-10)4-6(5)2;1-7-5-3-4-6-8(7)2;3*1-2(3)4;;;1-3-2;;;/h5-8H,3-4H2,1-2H3;3-4,7-8H,5-6H2,1-2H3;3*1H3,(H,3,4);1H4;;;;2*1H2/q;;;;;;;-1;+1;;. The summed E-state index contributed by atoms with van der Waals surface area (Å²) >= 11 is 0. The van der Waals surface area contributed by atoms with Crippen molar-refractivity contribution >= 4 is 17.9 Å². The van der Waals surface area contributed by atoms with Gasteiger partial charge in [0.1, 0.15) is 0 Å². The number of rotatable bonds is 2. The minimum atomic E-state index is -0.833. The summed E-state index contributed by atoms with van der Waals surface area (Å²) < 4.78 is 0. The van der Waals surface area contributed by atoms with Gasteiger partial charge in [0.15, 0.2) is 0 Å². The van der Waals surface area contributed by atoms with Crippen LogP contribution in [0.15, 0.2) is 22.4 Å². The molecule has 7 N–H and O–H groups in total. The van der Waals surface area contributed by atoms with Gasteiger partial charge in [-0.15, -0.1) is 0 Å².